The zero-order valence-electron chi connectivity index (χ0n) is 9.90. The summed E-state index contributed by atoms with van der Waals surface area (Å²) in [6.45, 7) is 4.09. The molecule has 1 aliphatic carbocycles. The number of carbonyl (C=O) groups is 2. The van der Waals surface area contributed by atoms with Crippen LogP contribution in [0.3, 0.4) is 0 Å². The molecule has 1 unspecified atom stereocenters. The van der Waals surface area contributed by atoms with Gasteiger partial charge in [0.15, 0.2) is 0 Å². The van der Waals surface area contributed by atoms with Crippen molar-refractivity contribution in [3.05, 3.63) is 0 Å². The van der Waals surface area contributed by atoms with Gasteiger partial charge in [-0.2, -0.15) is 0 Å². The Hall–Kier alpha value is -1.10. The summed E-state index contributed by atoms with van der Waals surface area (Å²) in [5.41, 5.74) is 0. The van der Waals surface area contributed by atoms with E-state index in [1.807, 2.05) is 13.8 Å². The number of carboxylic acids is 1. The molecule has 0 aromatic rings. The second-order valence-electron chi connectivity index (χ2n) is 4.41. The van der Waals surface area contributed by atoms with Gasteiger partial charge < -0.3 is 10.4 Å². The zero-order valence-corrected chi connectivity index (χ0v) is 9.90. The first-order valence-corrected chi connectivity index (χ1v) is 5.78. The van der Waals surface area contributed by atoms with Crippen molar-refractivity contribution < 1.29 is 14.7 Å². The molecule has 0 heterocycles. The predicted molar refractivity (Wildman–Crippen MR) is 60.1 cm³/mol. The Morgan fingerprint density at radius 2 is 2.06 bits per heavy atom. The molecule has 92 valence electrons. The van der Waals surface area contributed by atoms with Crippen LogP contribution in [0.15, 0.2) is 0 Å². The molecule has 1 saturated carbocycles. The highest BCUT2D eigenvalue weighted by Crippen LogP contribution is 2.26. The molecule has 0 bridgehead atoms. The van der Waals surface area contributed by atoms with Crippen molar-refractivity contribution in [1.29, 1.82) is 0 Å². The molecule has 0 aromatic carbocycles. The van der Waals surface area contributed by atoms with Gasteiger partial charge in [0.05, 0.1) is 13.1 Å². The zero-order chi connectivity index (χ0) is 12.1. The van der Waals surface area contributed by atoms with E-state index in [2.05, 4.69) is 5.32 Å². The van der Waals surface area contributed by atoms with E-state index in [1.165, 1.54) is 0 Å². The van der Waals surface area contributed by atoms with E-state index in [1.54, 1.807) is 4.90 Å². The molecular weight excluding hydrogens is 208 g/mol. The van der Waals surface area contributed by atoms with Crippen LogP contribution < -0.4 is 5.32 Å². The van der Waals surface area contributed by atoms with Gasteiger partial charge in [0.25, 0.3) is 0 Å². The smallest absolute Gasteiger partial charge is 0.317 e. The number of nitrogens with zero attached hydrogens (tertiary/aromatic N) is 1. The Kier molecular flexibility index (Phi) is 4.73. The van der Waals surface area contributed by atoms with Crippen molar-refractivity contribution in [1.82, 2.24) is 10.2 Å². The third-order valence-corrected chi connectivity index (χ3v) is 2.77. The van der Waals surface area contributed by atoms with Gasteiger partial charge in [-0.25, -0.2) is 0 Å². The van der Waals surface area contributed by atoms with Gasteiger partial charge >= 0.3 is 5.97 Å². The highest BCUT2D eigenvalue weighted by Gasteiger charge is 2.31. The summed E-state index contributed by atoms with van der Waals surface area (Å²) in [7, 11) is 0. The predicted octanol–water partition coefficient (Wildman–Crippen LogP) is 0.450. The van der Waals surface area contributed by atoms with Crippen molar-refractivity contribution in [2.75, 3.05) is 13.1 Å². The highest BCUT2D eigenvalue weighted by atomic mass is 16.4. The van der Waals surface area contributed by atoms with Gasteiger partial charge in [-0.15, -0.1) is 0 Å². The molecule has 0 radical (unpaired) electrons. The van der Waals surface area contributed by atoms with Crippen LogP contribution >= 0.6 is 0 Å². The summed E-state index contributed by atoms with van der Waals surface area (Å²) >= 11 is 0. The topological polar surface area (TPSA) is 69.6 Å². The standard InChI is InChI=1S/C11H20N2O3/c1-3-8(2)12-10(14)6-13(7-11(15)16)9-4-5-9/h8-9H,3-7H2,1-2H3,(H,12,14)(H,15,16). The molecule has 1 amide bonds. The first kappa shape index (κ1) is 13.0. The van der Waals surface area contributed by atoms with Crippen molar-refractivity contribution in [2.45, 2.75) is 45.2 Å². The lowest BCUT2D eigenvalue weighted by Crippen LogP contribution is -2.43. The maximum absolute atomic E-state index is 11.6. The molecule has 0 saturated heterocycles. The largest absolute Gasteiger partial charge is 0.480 e. The van der Waals surface area contributed by atoms with E-state index < -0.39 is 5.97 Å². The summed E-state index contributed by atoms with van der Waals surface area (Å²) in [5.74, 6) is -0.953. The van der Waals surface area contributed by atoms with Crippen molar-refractivity contribution in [2.24, 2.45) is 0 Å². The fourth-order valence-corrected chi connectivity index (χ4v) is 1.53. The monoisotopic (exact) mass is 228 g/mol. The Morgan fingerprint density at radius 1 is 1.44 bits per heavy atom. The van der Waals surface area contributed by atoms with Crippen LogP contribution in [0.25, 0.3) is 0 Å². The van der Waals surface area contributed by atoms with E-state index in [9.17, 15) is 9.59 Å². The number of amides is 1. The Balaban J connectivity index is 2.35. The van der Waals surface area contributed by atoms with Gasteiger partial charge in [0, 0.05) is 12.1 Å². The first-order chi connectivity index (χ1) is 7.52. The number of carbonyl (C=O) groups excluding carboxylic acids is 1. The third kappa shape index (κ3) is 4.61. The normalized spacial score (nSPS) is 17.2. The van der Waals surface area contributed by atoms with E-state index in [0.717, 1.165) is 19.3 Å². The van der Waals surface area contributed by atoms with Gasteiger partial charge in [0.1, 0.15) is 0 Å². The Morgan fingerprint density at radius 3 is 2.50 bits per heavy atom. The SMILES string of the molecule is CCC(C)NC(=O)CN(CC(=O)O)C1CC1. The van der Waals surface area contributed by atoms with Crippen LogP contribution in [-0.2, 0) is 9.59 Å². The van der Waals surface area contributed by atoms with Crippen molar-refractivity contribution in [3.63, 3.8) is 0 Å². The second-order valence-corrected chi connectivity index (χ2v) is 4.41. The Labute approximate surface area is 95.8 Å². The van der Waals surface area contributed by atoms with Crippen LogP contribution in [0, 0.1) is 0 Å². The lowest BCUT2D eigenvalue weighted by molar-refractivity contribution is -0.138. The molecule has 1 rings (SSSR count). The van der Waals surface area contributed by atoms with Gasteiger partial charge in [-0.05, 0) is 26.2 Å². The van der Waals surface area contributed by atoms with E-state index >= 15 is 0 Å². The average molecular weight is 228 g/mol. The number of carboxylic acid groups (broad SMARTS) is 1. The average Bonchev–Trinajstić information content (AvgIpc) is 2.98. The number of hydrogen-bond donors (Lipinski definition) is 2. The molecule has 1 atom stereocenters. The molecule has 5 heteroatoms. The quantitative estimate of drug-likeness (QED) is 0.664. The summed E-state index contributed by atoms with van der Waals surface area (Å²) in [4.78, 5) is 24.0. The molecule has 0 aromatic heterocycles. The van der Waals surface area contributed by atoms with Crippen molar-refractivity contribution >= 4 is 11.9 Å². The molecule has 1 fully saturated rings. The Bertz CT molecular complexity index is 264. The molecular formula is C11H20N2O3. The lowest BCUT2D eigenvalue weighted by atomic mass is 10.2. The minimum Gasteiger partial charge on any atom is -0.480 e. The number of rotatable bonds is 7. The maximum atomic E-state index is 11.6. The number of nitrogens with one attached hydrogen (secondary N) is 1. The van der Waals surface area contributed by atoms with E-state index in [0.29, 0.717) is 6.04 Å². The molecule has 0 aliphatic heterocycles. The summed E-state index contributed by atoms with van der Waals surface area (Å²) in [6, 6.07) is 0.442. The fraction of sp³-hybridized carbons (Fsp3) is 0.818. The molecule has 5 nitrogen and oxygen atoms in total. The second kappa shape index (κ2) is 5.84. The molecule has 1 aliphatic rings. The van der Waals surface area contributed by atoms with Crippen LogP contribution in [-0.4, -0.2) is 47.1 Å². The fourth-order valence-electron chi connectivity index (χ4n) is 1.53. The first-order valence-electron chi connectivity index (χ1n) is 5.78. The molecule has 16 heavy (non-hydrogen) atoms. The maximum Gasteiger partial charge on any atom is 0.317 e. The number of hydrogen-bond acceptors (Lipinski definition) is 3. The van der Waals surface area contributed by atoms with E-state index in [4.69, 9.17) is 5.11 Å². The van der Waals surface area contributed by atoms with Gasteiger partial charge in [-0.3, -0.25) is 14.5 Å². The third-order valence-electron chi connectivity index (χ3n) is 2.77. The van der Waals surface area contributed by atoms with Crippen LogP contribution in [0.5, 0.6) is 0 Å². The summed E-state index contributed by atoms with van der Waals surface area (Å²) in [6.07, 6.45) is 2.89. The lowest BCUT2D eigenvalue weighted by Gasteiger charge is -2.20. The molecule has 2 N–H and O–H groups in total. The summed E-state index contributed by atoms with van der Waals surface area (Å²) < 4.78 is 0. The van der Waals surface area contributed by atoms with Crippen LogP contribution in [0.4, 0.5) is 0 Å². The minimum absolute atomic E-state index is 0.0431. The van der Waals surface area contributed by atoms with Gasteiger partial charge in [-0.1, -0.05) is 6.92 Å². The van der Waals surface area contributed by atoms with Crippen LogP contribution in [0.2, 0.25) is 0 Å². The van der Waals surface area contributed by atoms with Crippen molar-refractivity contribution in [3.8, 4) is 0 Å². The minimum atomic E-state index is -0.872. The molecule has 0 spiro atoms. The van der Waals surface area contributed by atoms with Crippen LogP contribution in [0.1, 0.15) is 33.1 Å². The van der Waals surface area contributed by atoms with E-state index in [-0.39, 0.29) is 25.0 Å². The highest BCUT2D eigenvalue weighted by molar-refractivity contribution is 5.79. The number of aliphatic carboxylic acids is 1. The van der Waals surface area contributed by atoms with Gasteiger partial charge in [0.2, 0.25) is 5.91 Å². The summed E-state index contributed by atoms with van der Waals surface area (Å²) in [5, 5.41) is 11.6.